The number of carbonyl (C=O) groups is 1. The first-order valence-corrected chi connectivity index (χ1v) is 7.51. The van der Waals surface area contributed by atoms with Crippen LogP contribution in [0.1, 0.15) is 16.1 Å². The van der Waals surface area contributed by atoms with Gasteiger partial charge in [-0.05, 0) is 25.1 Å². The van der Waals surface area contributed by atoms with Gasteiger partial charge in [-0.1, -0.05) is 24.3 Å². The van der Waals surface area contributed by atoms with E-state index in [2.05, 4.69) is 9.97 Å². The van der Waals surface area contributed by atoms with Crippen LogP contribution in [0.2, 0.25) is 0 Å². The molecule has 0 unspecified atom stereocenters. The summed E-state index contributed by atoms with van der Waals surface area (Å²) in [6, 6.07) is 11.1. The molecular formula is C18H12FN3O3. The molecule has 2 heterocycles. The number of rotatable bonds is 2. The van der Waals surface area contributed by atoms with E-state index in [0.29, 0.717) is 11.0 Å². The van der Waals surface area contributed by atoms with Crippen molar-refractivity contribution in [3.05, 3.63) is 69.9 Å². The van der Waals surface area contributed by atoms with Crippen LogP contribution in [0.4, 0.5) is 4.39 Å². The Morgan fingerprint density at radius 1 is 1.20 bits per heavy atom. The topological polar surface area (TPSA) is 88.0 Å². The van der Waals surface area contributed by atoms with Crippen molar-refractivity contribution in [3.63, 3.8) is 0 Å². The van der Waals surface area contributed by atoms with Crippen LogP contribution < -0.4 is 5.56 Å². The molecule has 0 fully saturated rings. The Morgan fingerprint density at radius 2 is 1.96 bits per heavy atom. The first kappa shape index (κ1) is 15.1. The molecule has 0 amide bonds. The summed E-state index contributed by atoms with van der Waals surface area (Å²) in [4.78, 5) is 32.0. The smallest absolute Gasteiger partial charge is 0.338 e. The summed E-state index contributed by atoms with van der Waals surface area (Å²) < 4.78 is 15.4. The van der Waals surface area contributed by atoms with E-state index in [9.17, 15) is 19.1 Å². The van der Waals surface area contributed by atoms with Gasteiger partial charge in [0.15, 0.2) is 0 Å². The molecule has 2 aromatic heterocycles. The highest BCUT2D eigenvalue weighted by molar-refractivity contribution is 6.04. The Labute approximate surface area is 140 Å². The van der Waals surface area contributed by atoms with Crippen molar-refractivity contribution in [2.75, 3.05) is 0 Å². The summed E-state index contributed by atoms with van der Waals surface area (Å²) in [5.74, 6) is -1.86. The van der Waals surface area contributed by atoms with Crippen LogP contribution in [-0.4, -0.2) is 25.6 Å². The van der Waals surface area contributed by atoms with Crippen LogP contribution in [0.5, 0.6) is 0 Å². The van der Waals surface area contributed by atoms with E-state index in [-0.39, 0.29) is 28.0 Å². The Kier molecular flexibility index (Phi) is 3.18. The fourth-order valence-corrected chi connectivity index (χ4v) is 3.09. The van der Waals surface area contributed by atoms with Crippen molar-refractivity contribution in [1.29, 1.82) is 0 Å². The van der Waals surface area contributed by atoms with Crippen molar-refractivity contribution in [2.24, 2.45) is 0 Å². The molecule has 2 aromatic carbocycles. The third kappa shape index (κ3) is 2.13. The predicted molar refractivity (Wildman–Crippen MR) is 90.9 cm³/mol. The van der Waals surface area contributed by atoms with Gasteiger partial charge in [-0.15, -0.1) is 0 Å². The van der Waals surface area contributed by atoms with Crippen LogP contribution in [-0.2, 0) is 0 Å². The number of pyridine rings is 1. The molecule has 6 nitrogen and oxygen atoms in total. The number of aromatic nitrogens is 3. The molecule has 7 heteroatoms. The molecule has 2 N–H and O–H groups in total. The van der Waals surface area contributed by atoms with Crippen molar-refractivity contribution in [3.8, 4) is 5.95 Å². The van der Waals surface area contributed by atoms with Gasteiger partial charge >= 0.3 is 5.97 Å². The number of H-pyrrole nitrogens is 1. The lowest BCUT2D eigenvalue weighted by atomic mass is 10.0. The Hall–Kier alpha value is -3.48. The molecule has 4 aromatic rings. The van der Waals surface area contributed by atoms with Crippen molar-refractivity contribution in [2.45, 2.75) is 6.92 Å². The van der Waals surface area contributed by atoms with Crippen LogP contribution in [0.3, 0.4) is 0 Å². The number of benzene rings is 2. The van der Waals surface area contributed by atoms with Gasteiger partial charge in [0, 0.05) is 11.1 Å². The number of carboxylic acids is 1. The van der Waals surface area contributed by atoms with E-state index in [1.807, 2.05) is 6.07 Å². The minimum Gasteiger partial charge on any atom is -0.478 e. The number of fused-ring (bicyclic) bond motifs is 2. The summed E-state index contributed by atoms with van der Waals surface area (Å²) in [7, 11) is 0. The van der Waals surface area contributed by atoms with E-state index in [0.717, 1.165) is 10.6 Å². The minimum atomic E-state index is -1.24. The molecule has 0 radical (unpaired) electrons. The van der Waals surface area contributed by atoms with Crippen molar-refractivity contribution in [1.82, 2.24) is 14.5 Å². The van der Waals surface area contributed by atoms with Gasteiger partial charge in [-0.3, -0.25) is 4.79 Å². The fraction of sp³-hybridized carbons (Fsp3) is 0.0556. The van der Waals surface area contributed by atoms with Gasteiger partial charge in [-0.25, -0.2) is 18.7 Å². The quantitative estimate of drug-likeness (QED) is 0.588. The highest BCUT2D eigenvalue weighted by Gasteiger charge is 2.22. The number of hydrogen-bond acceptors (Lipinski definition) is 3. The number of nitrogens with one attached hydrogen (secondary N) is 1. The second-order valence-corrected chi connectivity index (χ2v) is 5.65. The molecule has 0 spiro atoms. The average molecular weight is 337 g/mol. The number of carboxylic acid groups (broad SMARTS) is 1. The lowest BCUT2D eigenvalue weighted by Gasteiger charge is -2.13. The van der Waals surface area contributed by atoms with Crippen LogP contribution in [0.25, 0.3) is 27.8 Å². The Balaban J connectivity index is 2.19. The molecule has 0 aliphatic carbocycles. The zero-order valence-corrected chi connectivity index (χ0v) is 13.1. The molecule has 0 bridgehead atoms. The van der Waals surface area contributed by atoms with Gasteiger partial charge in [0.05, 0.1) is 22.0 Å². The van der Waals surface area contributed by atoms with E-state index >= 15 is 0 Å². The first-order valence-electron chi connectivity index (χ1n) is 7.51. The molecule has 0 aliphatic heterocycles. The number of nitrogens with zero attached hydrogens (tertiary/aromatic N) is 2. The summed E-state index contributed by atoms with van der Waals surface area (Å²) >= 11 is 0. The van der Waals surface area contributed by atoms with Gasteiger partial charge < -0.3 is 10.1 Å². The maximum Gasteiger partial charge on any atom is 0.338 e. The first-order chi connectivity index (χ1) is 12.0. The molecule has 0 atom stereocenters. The molecule has 4 rings (SSSR count). The monoisotopic (exact) mass is 337 g/mol. The minimum absolute atomic E-state index is 0.0716. The van der Waals surface area contributed by atoms with Crippen molar-refractivity contribution < 1.29 is 14.3 Å². The molecular weight excluding hydrogens is 325 g/mol. The molecule has 25 heavy (non-hydrogen) atoms. The number of imidazole rings is 1. The highest BCUT2D eigenvalue weighted by Crippen LogP contribution is 2.24. The largest absolute Gasteiger partial charge is 0.478 e. The molecule has 0 saturated carbocycles. The second kappa shape index (κ2) is 5.27. The van der Waals surface area contributed by atoms with E-state index in [1.54, 1.807) is 18.2 Å². The second-order valence-electron chi connectivity index (χ2n) is 5.65. The zero-order chi connectivity index (χ0) is 17.7. The number of aromatic amines is 1. The number of halogens is 1. The Morgan fingerprint density at radius 3 is 2.68 bits per heavy atom. The number of aromatic carboxylic acids is 1. The lowest BCUT2D eigenvalue weighted by Crippen LogP contribution is -2.25. The highest BCUT2D eigenvalue weighted by atomic mass is 19.1. The van der Waals surface area contributed by atoms with E-state index < -0.39 is 17.3 Å². The molecule has 0 saturated heterocycles. The van der Waals surface area contributed by atoms with Gasteiger partial charge in [0.25, 0.3) is 5.56 Å². The third-order valence-corrected chi connectivity index (χ3v) is 4.20. The SMILES string of the molecule is Cc1c(C(=O)O)c2cccc(F)c2c(=O)n1-c1nc2ccccc2[nH]1. The maximum absolute atomic E-state index is 14.3. The number of para-hydroxylation sites is 2. The van der Waals surface area contributed by atoms with Crippen LogP contribution >= 0.6 is 0 Å². The third-order valence-electron chi connectivity index (χ3n) is 4.20. The van der Waals surface area contributed by atoms with Gasteiger partial charge in [-0.2, -0.15) is 0 Å². The fourth-order valence-electron chi connectivity index (χ4n) is 3.09. The standard InChI is InChI=1S/C18H12FN3O3/c1-9-14(17(24)25)10-5-4-6-11(19)15(10)16(23)22(9)18-20-12-7-2-3-8-13(12)21-18/h2-8H,1H3,(H,20,21)(H,24,25). The van der Waals surface area contributed by atoms with Crippen LogP contribution in [0.15, 0.2) is 47.3 Å². The van der Waals surface area contributed by atoms with E-state index in [1.165, 1.54) is 19.1 Å². The molecule has 124 valence electrons. The van der Waals surface area contributed by atoms with Crippen LogP contribution in [0, 0.1) is 12.7 Å². The average Bonchev–Trinajstić information content (AvgIpc) is 2.97. The van der Waals surface area contributed by atoms with Crippen molar-refractivity contribution >= 4 is 27.8 Å². The summed E-state index contributed by atoms with van der Waals surface area (Å²) in [6.07, 6.45) is 0. The van der Waals surface area contributed by atoms with Gasteiger partial charge in [0.2, 0.25) is 5.95 Å². The summed E-state index contributed by atoms with van der Waals surface area (Å²) in [6.45, 7) is 1.50. The summed E-state index contributed by atoms with van der Waals surface area (Å²) in [5.41, 5.74) is 0.697. The Bertz CT molecular complexity index is 1190. The zero-order valence-electron chi connectivity index (χ0n) is 13.1. The van der Waals surface area contributed by atoms with E-state index in [4.69, 9.17) is 0 Å². The lowest BCUT2D eigenvalue weighted by molar-refractivity contribution is 0.0697. The van der Waals surface area contributed by atoms with Gasteiger partial charge in [0.1, 0.15) is 5.82 Å². The predicted octanol–water partition coefficient (Wildman–Crippen LogP) is 3.01. The normalized spacial score (nSPS) is 11.3. The maximum atomic E-state index is 14.3. The molecule has 0 aliphatic rings. The number of hydrogen-bond donors (Lipinski definition) is 2. The summed E-state index contributed by atoms with van der Waals surface area (Å²) in [5, 5.41) is 9.39.